The highest BCUT2D eigenvalue weighted by Gasteiger charge is 2.02. The lowest BCUT2D eigenvalue weighted by atomic mass is 10.0. The molecule has 0 fully saturated rings. The lowest BCUT2D eigenvalue weighted by Gasteiger charge is -2.06. The highest BCUT2D eigenvalue weighted by atomic mass is 16.5. The first-order chi connectivity index (χ1) is 14.8. The van der Waals surface area contributed by atoms with E-state index in [1.165, 1.54) is 96.3 Å². The van der Waals surface area contributed by atoms with Crippen LogP contribution in [0.3, 0.4) is 0 Å². The standard InChI is InChI=1S/C26H52O4/c1-3-5-6-7-8-9-10-11-12-13-14-15-16-17-18-19-23-30-26(27)21-20-22-29-25-24-28-4-2/h3-25H2,1-2H3. The van der Waals surface area contributed by atoms with E-state index in [0.717, 1.165) is 19.4 Å². The largest absolute Gasteiger partial charge is 0.466 e. The van der Waals surface area contributed by atoms with Crippen molar-refractivity contribution in [1.82, 2.24) is 0 Å². The average Bonchev–Trinajstić information content (AvgIpc) is 2.75. The molecule has 0 aliphatic carbocycles. The summed E-state index contributed by atoms with van der Waals surface area (Å²) in [5.41, 5.74) is 0. The minimum absolute atomic E-state index is 0.0932. The summed E-state index contributed by atoms with van der Waals surface area (Å²) in [4.78, 5) is 11.6. The molecule has 0 heterocycles. The van der Waals surface area contributed by atoms with Crippen molar-refractivity contribution in [2.75, 3.05) is 33.0 Å². The lowest BCUT2D eigenvalue weighted by Crippen LogP contribution is -2.09. The van der Waals surface area contributed by atoms with Crippen LogP contribution in [0, 0.1) is 0 Å². The Bertz CT molecular complexity index is 333. The van der Waals surface area contributed by atoms with Crippen LogP contribution in [-0.2, 0) is 19.0 Å². The number of rotatable bonds is 25. The number of unbranched alkanes of at least 4 members (excludes halogenated alkanes) is 15. The van der Waals surface area contributed by atoms with Gasteiger partial charge in [0.2, 0.25) is 0 Å². The Hall–Kier alpha value is -0.610. The van der Waals surface area contributed by atoms with Crippen LogP contribution in [0.5, 0.6) is 0 Å². The van der Waals surface area contributed by atoms with E-state index in [4.69, 9.17) is 14.2 Å². The third-order valence-electron chi connectivity index (χ3n) is 5.51. The average molecular weight is 429 g/mol. The molecular weight excluding hydrogens is 376 g/mol. The molecule has 0 N–H and O–H groups in total. The van der Waals surface area contributed by atoms with Gasteiger partial charge in [-0.15, -0.1) is 0 Å². The van der Waals surface area contributed by atoms with E-state index < -0.39 is 0 Å². The van der Waals surface area contributed by atoms with Crippen LogP contribution in [0.25, 0.3) is 0 Å². The number of carbonyl (C=O) groups excluding carboxylic acids is 1. The normalized spacial score (nSPS) is 11.1. The van der Waals surface area contributed by atoms with E-state index in [-0.39, 0.29) is 5.97 Å². The topological polar surface area (TPSA) is 44.8 Å². The van der Waals surface area contributed by atoms with Crippen molar-refractivity contribution >= 4 is 5.97 Å². The first-order valence-corrected chi connectivity index (χ1v) is 13.1. The number of hydrogen-bond donors (Lipinski definition) is 0. The molecular formula is C26H52O4. The highest BCUT2D eigenvalue weighted by molar-refractivity contribution is 5.69. The maximum atomic E-state index is 11.6. The summed E-state index contributed by atoms with van der Waals surface area (Å²) < 4.78 is 15.9. The maximum Gasteiger partial charge on any atom is 0.305 e. The Morgan fingerprint density at radius 1 is 0.500 bits per heavy atom. The second kappa shape index (κ2) is 26.4. The molecule has 0 rings (SSSR count). The molecule has 30 heavy (non-hydrogen) atoms. The summed E-state index contributed by atoms with van der Waals surface area (Å²) in [6.07, 6.45) is 22.9. The van der Waals surface area contributed by atoms with Gasteiger partial charge in [0, 0.05) is 19.6 Å². The van der Waals surface area contributed by atoms with E-state index in [1.807, 2.05) is 6.92 Å². The second-order valence-electron chi connectivity index (χ2n) is 8.44. The van der Waals surface area contributed by atoms with Crippen molar-refractivity contribution in [3.63, 3.8) is 0 Å². The Morgan fingerprint density at radius 2 is 0.967 bits per heavy atom. The Balaban J connectivity index is 3.11. The van der Waals surface area contributed by atoms with Crippen LogP contribution in [0.2, 0.25) is 0 Å². The Labute approximate surface area is 187 Å². The molecule has 0 aliphatic heterocycles. The van der Waals surface area contributed by atoms with E-state index in [0.29, 0.717) is 32.8 Å². The molecule has 0 amide bonds. The Kier molecular flexibility index (Phi) is 25.9. The zero-order valence-corrected chi connectivity index (χ0v) is 20.4. The molecule has 0 saturated heterocycles. The minimum atomic E-state index is -0.0932. The van der Waals surface area contributed by atoms with E-state index in [1.54, 1.807) is 0 Å². The van der Waals surface area contributed by atoms with Crippen LogP contribution < -0.4 is 0 Å². The van der Waals surface area contributed by atoms with Crippen molar-refractivity contribution in [2.24, 2.45) is 0 Å². The zero-order valence-electron chi connectivity index (χ0n) is 20.4. The molecule has 0 aromatic heterocycles. The van der Waals surface area contributed by atoms with Gasteiger partial charge in [0.25, 0.3) is 0 Å². The van der Waals surface area contributed by atoms with Crippen LogP contribution in [0.1, 0.15) is 129 Å². The smallest absolute Gasteiger partial charge is 0.305 e. The summed E-state index contributed by atoms with van der Waals surface area (Å²) in [6, 6.07) is 0. The first-order valence-electron chi connectivity index (χ1n) is 13.1. The molecule has 0 saturated carbocycles. The number of ether oxygens (including phenoxy) is 3. The van der Waals surface area contributed by atoms with Crippen LogP contribution in [-0.4, -0.2) is 39.0 Å². The Morgan fingerprint density at radius 3 is 1.47 bits per heavy atom. The molecule has 180 valence electrons. The quantitative estimate of drug-likeness (QED) is 0.111. The predicted molar refractivity (Wildman–Crippen MR) is 127 cm³/mol. The molecule has 4 nitrogen and oxygen atoms in total. The van der Waals surface area contributed by atoms with E-state index in [2.05, 4.69) is 6.92 Å². The number of carbonyl (C=O) groups is 1. The van der Waals surface area contributed by atoms with Crippen molar-refractivity contribution in [2.45, 2.75) is 129 Å². The highest BCUT2D eigenvalue weighted by Crippen LogP contribution is 2.13. The van der Waals surface area contributed by atoms with Gasteiger partial charge in [0.1, 0.15) is 0 Å². The third-order valence-corrected chi connectivity index (χ3v) is 5.51. The fourth-order valence-electron chi connectivity index (χ4n) is 3.59. The van der Waals surface area contributed by atoms with Gasteiger partial charge >= 0.3 is 5.97 Å². The maximum absolute atomic E-state index is 11.6. The van der Waals surface area contributed by atoms with E-state index in [9.17, 15) is 4.79 Å². The zero-order chi connectivity index (χ0) is 22.0. The molecule has 0 aromatic rings. The third kappa shape index (κ3) is 25.4. The van der Waals surface area contributed by atoms with Crippen molar-refractivity contribution in [3.05, 3.63) is 0 Å². The second-order valence-corrected chi connectivity index (χ2v) is 8.44. The molecule has 0 unspecified atom stereocenters. The fraction of sp³-hybridized carbons (Fsp3) is 0.962. The summed E-state index contributed by atoms with van der Waals surface area (Å²) in [6.45, 7) is 7.36. The monoisotopic (exact) mass is 428 g/mol. The van der Waals surface area contributed by atoms with Gasteiger partial charge in [-0.05, 0) is 19.8 Å². The van der Waals surface area contributed by atoms with Crippen molar-refractivity contribution < 1.29 is 19.0 Å². The van der Waals surface area contributed by atoms with Crippen molar-refractivity contribution in [1.29, 1.82) is 0 Å². The van der Waals surface area contributed by atoms with E-state index >= 15 is 0 Å². The predicted octanol–water partition coefficient (Wildman–Crippen LogP) is 7.62. The molecule has 0 aliphatic rings. The van der Waals surface area contributed by atoms with Gasteiger partial charge in [0.05, 0.1) is 19.8 Å². The fourth-order valence-corrected chi connectivity index (χ4v) is 3.59. The summed E-state index contributed by atoms with van der Waals surface area (Å²) >= 11 is 0. The summed E-state index contributed by atoms with van der Waals surface area (Å²) in [5, 5.41) is 0. The summed E-state index contributed by atoms with van der Waals surface area (Å²) in [5.74, 6) is -0.0932. The van der Waals surface area contributed by atoms with Crippen LogP contribution in [0.15, 0.2) is 0 Å². The van der Waals surface area contributed by atoms with Gasteiger partial charge in [-0.25, -0.2) is 0 Å². The minimum Gasteiger partial charge on any atom is -0.466 e. The van der Waals surface area contributed by atoms with Gasteiger partial charge in [-0.3, -0.25) is 4.79 Å². The van der Waals surface area contributed by atoms with Crippen LogP contribution >= 0.6 is 0 Å². The number of esters is 1. The van der Waals surface area contributed by atoms with Gasteiger partial charge < -0.3 is 14.2 Å². The van der Waals surface area contributed by atoms with Gasteiger partial charge in [0.15, 0.2) is 0 Å². The van der Waals surface area contributed by atoms with Crippen molar-refractivity contribution in [3.8, 4) is 0 Å². The van der Waals surface area contributed by atoms with Crippen LogP contribution in [0.4, 0.5) is 0 Å². The molecule has 0 atom stereocenters. The molecule has 4 heteroatoms. The number of hydrogen-bond acceptors (Lipinski definition) is 4. The van der Waals surface area contributed by atoms with Gasteiger partial charge in [-0.2, -0.15) is 0 Å². The molecule has 0 spiro atoms. The molecule has 0 radical (unpaired) electrons. The first kappa shape index (κ1) is 29.4. The SMILES string of the molecule is CCCCCCCCCCCCCCCCCCOC(=O)CCCOCCOCC. The lowest BCUT2D eigenvalue weighted by molar-refractivity contribution is -0.144. The molecule has 0 bridgehead atoms. The van der Waals surface area contributed by atoms with Gasteiger partial charge in [-0.1, -0.05) is 103 Å². The molecule has 0 aromatic carbocycles. The summed E-state index contributed by atoms with van der Waals surface area (Å²) in [7, 11) is 0.